The molecule has 0 atom stereocenters. The highest BCUT2D eigenvalue weighted by Crippen LogP contribution is 2.36. The number of allylic oxidation sites excluding steroid dienone is 2. The van der Waals surface area contributed by atoms with Crippen LogP contribution >= 0.6 is 0 Å². The molecule has 4 rings (SSSR count). The largest absolute Gasteiger partial charge is 0.385 e. The maximum atomic E-state index is 12.8. The standard InChI is InChI=1S/C24H26N2O3/c1-2-20-16-25-23(26-20)22(27)14-18-8-9-19(24(28)10-12-29-13-11-24)15-21(18)17-6-4-3-5-7-17/h1,6,8-9,15-16,28H,3-5,7,10-14H2,(H,25,26). The van der Waals surface area contributed by atoms with Gasteiger partial charge in [-0.25, -0.2) is 4.98 Å². The number of carbonyl (C=O) groups excluding carboxylic acids is 1. The van der Waals surface area contributed by atoms with E-state index in [1.54, 1.807) is 0 Å². The Labute approximate surface area is 171 Å². The van der Waals surface area contributed by atoms with Gasteiger partial charge >= 0.3 is 0 Å². The first-order valence-electron chi connectivity index (χ1n) is 10.3. The summed E-state index contributed by atoms with van der Waals surface area (Å²) < 4.78 is 5.43. The summed E-state index contributed by atoms with van der Waals surface area (Å²) in [6.45, 7) is 1.12. The molecule has 150 valence electrons. The fourth-order valence-corrected chi connectivity index (χ4v) is 4.19. The molecule has 0 radical (unpaired) electrons. The van der Waals surface area contributed by atoms with Crippen LogP contribution in [0.5, 0.6) is 0 Å². The zero-order valence-corrected chi connectivity index (χ0v) is 16.5. The Hall–Kier alpha value is -2.68. The van der Waals surface area contributed by atoms with E-state index in [9.17, 15) is 9.90 Å². The maximum Gasteiger partial charge on any atom is 0.202 e. The first-order valence-corrected chi connectivity index (χ1v) is 10.3. The number of imidazole rings is 1. The van der Waals surface area contributed by atoms with Gasteiger partial charge in [0.2, 0.25) is 5.78 Å². The topological polar surface area (TPSA) is 75.2 Å². The van der Waals surface area contributed by atoms with E-state index in [-0.39, 0.29) is 18.0 Å². The van der Waals surface area contributed by atoms with Gasteiger partial charge in [0.1, 0.15) is 5.69 Å². The molecule has 1 aliphatic carbocycles. The number of aromatic nitrogens is 2. The average Bonchev–Trinajstić information content (AvgIpc) is 3.25. The summed E-state index contributed by atoms with van der Waals surface area (Å²) in [5, 5.41) is 11.1. The summed E-state index contributed by atoms with van der Waals surface area (Å²) in [7, 11) is 0. The average molecular weight is 390 g/mol. The van der Waals surface area contributed by atoms with Crippen LogP contribution in [-0.2, 0) is 16.8 Å². The third kappa shape index (κ3) is 4.19. The Morgan fingerprint density at radius 3 is 2.83 bits per heavy atom. The SMILES string of the molecule is C#Cc1cnc(C(=O)Cc2ccc(C3(O)CCOCC3)cc2C2=CCCCC2)[nH]1. The third-order valence-corrected chi connectivity index (χ3v) is 5.95. The lowest BCUT2D eigenvalue weighted by Gasteiger charge is -2.33. The van der Waals surface area contributed by atoms with E-state index >= 15 is 0 Å². The van der Waals surface area contributed by atoms with E-state index in [1.807, 2.05) is 12.1 Å². The Balaban J connectivity index is 1.68. The fraction of sp³-hybridized carbons (Fsp3) is 0.417. The number of ether oxygens (including phenoxy) is 1. The number of aromatic amines is 1. The molecule has 0 saturated carbocycles. The van der Waals surface area contributed by atoms with Gasteiger partial charge in [0.05, 0.1) is 11.8 Å². The number of benzene rings is 1. The van der Waals surface area contributed by atoms with Gasteiger partial charge in [0.25, 0.3) is 0 Å². The van der Waals surface area contributed by atoms with Crippen molar-refractivity contribution in [2.75, 3.05) is 13.2 Å². The van der Waals surface area contributed by atoms with Crippen LogP contribution in [0.3, 0.4) is 0 Å². The van der Waals surface area contributed by atoms with Gasteiger partial charge in [-0.15, -0.1) is 6.42 Å². The maximum absolute atomic E-state index is 12.8. The number of nitrogens with zero attached hydrogens (tertiary/aromatic N) is 1. The lowest BCUT2D eigenvalue weighted by Crippen LogP contribution is -2.33. The molecule has 1 fully saturated rings. The summed E-state index contributed by atoms with van der Waals surface area (Å²) in [4.78, 5) is 19.8. The van der Waals surface area contributed by atoms with Crippen LogP contribution < -0.4 is 0 Å². The first-order chi connectivity index (χ1) is 14.1. The van der Waals surface area contributed by atoms with Crippen molar-refractivity contribution in [2.45, 2.75) is 50.5 Å². The predicted molar refractivity (Wildman–Crippen MR) is 111 cm³/mol. The molecule has 2 aromatic rings. The number of carbonyl (C=O) groups is 1. The number of ketones is 1. The minimum atomic E-state index is -0.868. The molecule has 1 aromatic carbocycles. The van der Waals surface area contributed by atoms with Crippen LogP contribution in [0.25, 0.3) is 5.57 Å². The van der Waals surface area contributed by atoms with Gasteiger partial charge in [0, 0.05) is 32.5 Å². The molecule has 0 spiro atoms. The van der Waals surface area contributed by atoms with E-state index in [2.05, 4.69) is 28.0 Å². The van der Waals surface area contributed by atoms with Crippen molar-refractivity contribution in [1.82, 2.24) is 9.97 Å². The number of hydrogen-bond acceptors (Lipinski definition) is 4. The number of rotatable bonds is 5. The van der Waals surface area contributed by atoms with Gasteiger partial charge in [-0.1, -0.05) is 24.1 Å². The summed E-state index contributed by atoms with van der Waals surface area (Å²) >= 11 is 0. The second-order valence-electron chi connectivity index (χ2n) is 7.88. The van der Waals surface area contributed by atoms with Crippen LogP contribution in [0.1, 0.15) is 71.5 Å². The van der Waals surface area contributed by atoms with E-state index in [0.717, 1.165) is 36.0 Å². The molecule has 2 heterocycles. The van der Waals surface area contributed by atoms with Gasteiger partial charge < -0.3 is 14.8 Å². The van der Waals surface area contributed by atoms with Gasteiger partial charge in [-0.05, 0) is 54.0 Å². The van der Waals surface area contributed by atoms with Crippen molar-refractivity contribution in [1.29, 1.82) is 0 Å². The smallest absolute Gasteiger partial charge is 0.202 e. The Morgan fingerprint density at radius 1 is 1.31 bits per heavy atom. The van der Waals surface area contributed by atoms with E-state index in [0.29, 0.717) is 31.7 Å². The molecular formula is C24H26N2O3. The number of hydrogen-bond donors (Lipinski definition) is 2. The highest BCUT2D eigenvalue weighted by Gasteiger charge is 2.32. The van der Waals surface area contributed by atoms with Crippen LogP contribution in [-0.4, -0.2) is 34.1 Å². The zero-order valence-electron chi connectivity index (χ0n) is 16.5. The molecule has 2 aliphatic rings. The predicted octanol–water partition coefficient (Wildman–Crippen LogP) is 3.77. The molecule has 0 amide bonds. The molecule has 1 saturated heterocycles. The lowest BCUT2D eigenvalue weighted by molar-refractivity contribution is -0.0679. The van der Waals surface area contributed by atoms with Gasteiger partial charge in [-0.3, -0.25) is 4.79 Å². The highest BCUT2D eigenvalue weighted by molar-refractivity contribution is 5.95. The second kappa shape index (κ2) is 8.36. The number of terminal acetylenes is 1. The van der Waals surface area contributed by atoms with Crippen LogP contribution in [0.4, 0.5) is 0 Å². The normalized spacial score (nSPS) is 18.7. The zero-order chi connectivity index (χ0) is 20.3. The van der Waals surface area contributed by atoms with E-state index < -0.39 is 5.60 Å². The Morgan fingerprint density at radius 2 is 2.14 bits per heavy atom. The molecule has 29 heavy (non-hydrogen) atoms. The first kappa shape index (κ1) is 19.6. The number of Topliss-reactive ketones (excluding diaryl/α,β-unsaturated/α-hetero) is 1. The molecule has 2 N–H and O–H groups in total. The van der Waals surface area contributed by atoms with Crippen LogP contribution in [0.15, 0.2) is 30.5 Å². The third-order valence-electron chi connectivity index (χ3n) is 5.95. The second-order valence-corrected chi connectivity index (χ2v) is 7.88. The molecule has 5 nitrogen and oxygen atoms in total. The van der Waals surface area contributed by atoms with Gasteiger partial charge in [0.15, 0.2) is 5.82 Å². The molecule has 0 unspecified atom stereocenters. The monoisotopic (exact) mass is 390 g/mol. The minimum Gasteiger partial charge on any atom is -0.385 e. The van der Waals surface area contributed by atoms with Crippen molar-refractivity contribution in [2.24, 2.45) is 0 Å². The van der Waals surface area contributed by atoms with E-state index in [1.165, 1.54) is 18.2 Å². The summed E-state index contributed by atoms with van der Waals surface area (Å²) in [5.41, 5.74) is 3.83. The summed E-state index contributed by atoms with van der Waals surface area (Å²) in [5.74, 6) is 2.65. The van der Waals surface area contributed by atoms with Gasteiger partial charge in [-0.2, -0.15) is 0 Å². The number of nitrogens with one attached hydrogen (secondary N) is 1. The highest BCUT2D eigenvalue weighted by atomic mass is 16.5. The van der Waals surface area contributed by atoms with Crippen LogP contribution in [0, 0.1) is 12.3 Å². The van der Waals surface area contributed by atoms with Crippen LogP contribution in [0.2, 0.25) is 0 Å². The van der Waals surface area contributed by atoms with Crippen molar-refractivity contribution < 1.29 is 14.6 Å². The fourth-order valence-electron chi connectivity index (χ4n) is 4.19. The molecule has 1 aliphatic heterocycles. The number of aliphatic hydroxyl groups is 1. The quantitative estimate of drug-likeness (QED) is 0.602. The van der Waals surface area contributed by atoms with Crippen molar-refractivity contribution in [3.63, 3.8) is 0 Å². The van der Waals surface area contributed by atoms with Crippen molar-refractivity contribution >= 4 is 11.4 Å². The summed E-state index contributed by atoms with van der Waals surface area (Å²) in [6, 6.07) is 6.02. The molecule has 5 heteroatoms. The molecule has 0 bridgehead atoms. The minimum absolute atomic E-state index is 0.0957. The van der Waals surface area contributed by atoms with Crippen molar-refractivity contribution in [3.05, 3.63) is 58.7 Å². The Kier molecular flexibility index (Phi) is 5.66. The lowest BCUT2D eigenvalue weighted by atomic mass is 9.82. The number of H-pyrrole nitrogens is 1. The molecule has 1 aromatic heterocycles. The van der Waals surface area contributed by atoms with Crippen molar-refractivity contribution in [3.8, 4) is 12.3 Å². The van der Waals surface area contributed by atoms with E-state index in [4.69, 9.17) is 11.2 Å². The summed E-state index contributed by atoms with van der Waals surface area (Å²) in [6.07, 6.45) is 14.9. The Bertz CT molecular complexity index is 974. The molecular weight excluding hydrogens is 364 g/mol.